The highest BCUT2D eigenvalue weighted by Gasteiger charge is 2.24. The van der Waals surface area contributed by atoms with Crippen LogP contribution in [0, 0.1) is 0 Å². The molecule has 0 bridgehead atoms. The zero-order chi connectivity index (χ0) is 15.2. The van der Waals surface area contributed by atoms with E-state index in [1.807, 2.05) is 24.6 Å². The Bertz CT molecular complexity index is 546. The fourth-order valence-electron chi connectivity index (χ4n) is 2.22. The van der Waals surface area contributed by atoms with Gasteiger partial charge in [-0.05, 0) is 19.5 Å². The number of aromatic nitrogens is 4. The number of hydrogen-bond donors (Lipinski definition) is 1. The van der Waals surface area contributed by atoms with E-state index in [4.69, 9.17) is 9.47 Å². The summed E-state index contributed by atoms with van der Waals surface area (Å²) in [6, 6.07) is 3.56. The van der Waals surface area contributed by atoms with Crippen LogP contribution in [-0.2, 0) is 6.54 Å². The molecule has 0 aromatic carbocycles. The van der Waals surface area contributed by atoms with E-state index in [2.05, 4.69) is 20.6 Å². The van der Waals surface area contributed by atoms with Crippen LogP contribution >= 0.6 is 0 Å². The van der Waals surface area contributed by atoms with Gasteiger partial charge in [-0.3, -0.25) is 4.68 Å². The van der Waals surface area contributed by atoms with Crippen molar-refractivity contribution in [3.63, 3.8) is 0 Å². The number of hydrogen-bond acceptors (Lipinski definition) is 6. The zero-order valence-corrected chi connectivity index (χ0v) is 12.8. The first kappa shape index (κ1) is 15.2. The van der Waals surface area contributed by atoms with Gasteiger partial charge in [0.15, 0.2) is 5.75 Å². The molecule has 0 spiro atoms. The van der Waals surface area contributed by atoms with E-state index in [0.29, 0.717) is 5.88 Å². The molecule has 2 heterocycles. The highest BCUT2D eigenvalue weighted by Crippen LogP contribution is 2.29. The first-order valence-electron chi connectivity index (χ1n) is 6.95. The van der Waals surface area contributed by atoms with Gasteiger partial charge in [-0.25, -0.2) is 0 Å². The van der Waals surface area contributed by atoms with E-state index in [1.165, 1.54) is 0 Å². The van der Waals surface area contributed by atoms with Crippen LogP contribution in [0.4, 0.5) is 0 Å². The smallest absolute Gasteiger partial charge is 0.233 e. The van der Waals surface area contributed by atoms with Crippen LogP contribution in [0.15, 0.2) is 18.3 Å². The van der Waals surface area contributed by atoms with Crippen molar-refractivity contribution in [3.05, 3.63) is 29.7 Å². The first-order valence-corrected chi connectivity index (χ1v) is 6.95. The Morgan fingerprint density at radius 2 is 2.00 bits per heavy atom. The summed E-state index contributed by atoms with van der Waals surface area (Å²) < 4.78 is 12.4. The van der Waals surface area contributed by atoms with E-state index >= 15 is 0 Å². The van der Waals surface area contributed by atoms with Gasteiger partial charge in [-0.1, -0.05) is 6.92 Å². The Labute approximate surface area is 124 Å². The van der Waals surface area contributed by atoms with Gasteiger partial charge >= 0.3 is 0 Å². The topological polar surface area (TPSA) is 74.1 Å². The quantitative estimate of drug-likeness (QED) is 0.831. The molecule has 2 aromatic heterocycles. The van der Waals surface area contributed by atoms with E-state index in [1.54, 1.807) is 26.5 Å². The molecule has 7 heteroatoms. The molecule has 0 radical (unpaired) electrons. The summed E-state index contributed by atoms with van der Waals surface area (Å²) in [6.45, 7) is 5.63. The summed E-state index contributed by atoms with van der Waals surface area (Å²) in [5.41, 5.74) is 1.74. The largest absolute Gasteiger partial charge is 0.493 e. The second-order valence-electron chi connectivity index (χ2n) is 4.41. The Morgan fingerprint density at radius 3 is 2.52 bits per heavy atom. The lowest BCUT2D eigenvalue weighted by molar-refractivity contribution is 0.387. The number of aryl methyl sites for hydroxylation is 1. The summed E-state index contributed by atoms with van der Waals surface area (Å²) >= 11 is 0. The van der Waals surface area contributed by atoms with E-state index < -0.39 is 0 Å². The maximum atomic E-state index is 5.43. The van der Waals surface area contributed by atoms with Crippen LogP contribution in [-0.4, -0.2) is 40.7 Å². The summed E-state index contributed by atoms with van der Waals surface area (Å²) in [5, 5.41) is 16.0. The molecule has 21 heavy (non-hydrogen) atoms. The maximum Gasteiger partial charge on any atom is 0.233 e. The SMILES string of the molecule is CCNC(c1ccc(OC)nn1)c1c(OC)cnn1CC. The predicted octanol–water partition coefficient (Wildman–Crippen LogP) is 1.41. The summed E-state index contributed by atoms with van der Waals surface area (Å²) in [4.78, 5) is 0. The molecule has 0 aliphatic rings. The van der Waals surface area contributed by atoms with Gasteiger partial charge in [-0.15, -0.1) is 10.2 Å². The van der Waals surface area contributed by atoms with Crippen molar-refractivity contribution in [1.82, 2.24) is 25.3 Å². The average Bonchev–Trinajstić information content (AvgIpc) is 2.95. The molecule has 0 aliphatic heterocycles. The number of methoxy groups -OCH3 is 2. The van der Waals surface area contributed by atoms with E-state index in [-0.39, 0.29) is 6.04 Å². The molecular formula is C14H21N5O2. The van der Waals surface area contributed by atoms with E-state index in [0.717, 1.165) is 30.2 Å². The van der Waals surface area contributed by atoms with Crippen LogP contribution in [0.3, 0.4) is 0 Å². The lowest BCUT2D eigenvalue weighted by Gasteiger charge is -2.19. The van der Waals surface area contributed by atoms with Crippen molar-refractivity contribution < 1.29 is 9.47 Å². The molecule has 1 N–H and O–H groups in total. The fourth-order valence-corrected chi connectivity index (χ4v) is 2.22. The minimum absolute atomic E-state index is 0.134. The number of ether oxygens (including phenoxy) is 2. The van der Waals surface area contributed by atoms with E-state index in [9.17, 15) is 0 Å². The van der Waals surface area contributed by atoms with Crippen molar-refractivity contribution in [2.24, 2.45) is 0 Å². The highest BCUT2D eigenvalue weighted by molar-refractivity contribution is 5.34. The molecule has 2 aromatic rings. The van der Waals surface area contributed by atoms with Crippen molar-refractivity contribution in [1.29, 1.82) is 0 Å². The van der Waals surface area contributed by atoms with Gasteiger partial charge in [-0.2, -0.15) is 5.10 Å². The summed E-state index contributed by atoms with van der Waals surface area (Å²) in [6.07, 6.45) is 1.72. The molecular weight excluding hydrogens is 270 g/mol. The van der Waals surface area contributed by atoms with Crippen molar-refractivity contribution in [2.45, 2.75) is 26.4 Å². The molecule has 0 fully saturated rings. The zero-order valence-electron chi connectivity index (χ0n) is 12.8. The molecule has 1 atom stereocenters. The van der Waals surface area contributed by atoms with Gasteiger partial charge in [0.1, 0.15) is 5.69 Å². The first-order chi connectivity index (χ1) is 10.2. The summed E-state index contributed by atoms with van der Waals surface area (Å²) in [5.74, 6) is 1.23. The average molecular weight is 291 g/mol. The predicted molar refractivity (Wildman–Crippen MR) is 78.6 cm³/mol. The lowest BCUT2D eigenvalue weighted by atomic mass is 10.1. The van der Waals surface area contributed by atoms with Crippen molar-refractivity contribution in [2.75, 3.05) is 20.8 Å². The molecule has 114 valence electrons. The third-order valence-electron chi connectivity index (χ3n) is 3.21. The number of rotatable bonds is 7. The van der Waals surface area contributed by atoms with Crippen LogP contribution in [0.25, 0.3) is 0 Å². The molecule has 2 rings (SSSR count). The molecule has 0 saturated heterocycles. The van der Waals surface area contributed by atoms with Gasteiger partial charge < -0.3 is 14.8 Å². The molecule has 0 aliphatic carbocycles. The monoisotopic (exact) mass is 291 g/mol. The number of nitrogens with zero attached hydrogens (tertiary/aromatic N) is 4. The highest BCUT2D eigenvalue weighted by atomic mass is 16.5. The van der Waals surface area contributed by atoms with Crippen LogP contribution in [0.5, 0.6) is 11.6 Å². The van der Waals surface area contributed by atoms with Gasteiger partial charge in [0.05, 0.1) is 32.2 Å². The molecule has 0 saturated carbocycles. The normalized spacial score (nSPS) is 12.2. The van der Waals surface area contributed by atoms with Crippen LogP contribution in [0.2, 0.25) is 0 Å². The Balaban J connectivity index is 2.44. The Hall–Kier alpha value is -2.15. The van der Waals surface area contributed by atoms with Gasteiger partial charge in [0, 0.05) is 12.6 Å². The third-order valence-corrected chi connectivity index (χ3v) is 3.21. The van der Waals surface area contributed by atoms with Gasteiger partial charge in [0.25, 0.3) is 0 Å². The summed E-state index contributed by atoms with van der Waals surface area (Å²) in [7, 11) is 3.21. The number of nitrogens with one attached hydrogen (secondary N) is 1. The minimum atomic E-state index is -0.134. The second kappa shape index (κ2) is 7.03. The van der Waals surface area contributed by atoms with Crippen molar-refractivity contribution >= 4 is 0 Å². The second-order valence-corrected chi connectivity index (χ2v) is 4.41. The molecule has 0 amide bonds. The molecule has 1 unspecified atom stereocenters. The maximum absolute atomic E-state index is 5.43. The Kier molecular flexibility index (Phi) is 5.10. The molecule has 7 nitrogen and oxygen atoms in total. The standard InChI is InChI=1S/C14H21N5O2/c1-5-15-13(10-7-8-12(21-4)18-17-10)14-11(20-3)9-16-19(14)6-2/h7-9,13,15H,5-6H2,1-4H3. The lowest BCUT2D eigenvalue weighted by Crippen LogP contribution is -2.26. The third kappa shape index (κ3) is 3.13. The fraction of sp³-hybridized carbons (Fsp3) is 0.500. The minimum Gasteiger partial charge on any atom is -0.493 e. The Morgan fingerprint density at radius 1 is 1.19 bits per heavy atom. The van der Waals surface area contributed by atoms with Crippen LogP contribution < -0.4 is 14.8 Å². The van der Waals surface area contributed by atoms with Crippen LogP contribution in [0.1, 0.15) is 31.3 Å². The van der Waals surface area contributed by atoms with Crippen molar-refractivity contribution in [3.8, 4) is 11.6 Å². The van der Waals surface area contributed by atoms with Gasteiger partial charge in [0.2, 0.25) is 5.88 Å².